The number of nitrogens with zero attached hydrogens (tertiary/aromatic N) is 1. The Kier molecular flexibility index (Phi) is 5.09. The molecule has 0 saturated heterocycles. The molecule has 0 amide bonds. The highest BCUT2D eigenvalue weighted by Gasteiger charge is 2.05. The quantitative estimate of drug-likeness (QED) is 0.306. The third-order valence-electron chi connectivity index (χ3n) is 1.93. The first kappa shape index (κ1) is 13.1. The molecule has 0 saturated carbocycles. The summed E-state index contributed by atoms with van der Waals surface area (Å²) in [6.07, 6.45) is 0. The van der Waals surface area contributed by atoms with Gasteiger partial charge in [-0.1, -0.05) is 0 Å². The molecular weight excluding hydrogens is 220 g/mol. The van der Waals surface area contributed by atoms with Crippen LogP contribution in [0.25, 0.3) is 0 Å². The van der Waals surface area contributed by atoms with Crippen molar-refractivity contribution in [2.24, 2.45) is 16.6 Å². The Balaban J connectivity index is 3.06. The highest BCUT2D eigenvalue weighted by atomic mass is 16.5. The molecule has 0 aromatic heterocycles. The number of nitrogens with one attached hydrogen (secondary N) is 1. The number of benzene rings is 1. The molecule has 0 radical (unpaired) electrons. The summed E-state index contributed by atoms with van der Waals surface area (Å²) in [7, 11) is 0. The molecule has 0 unspecified atom stereocenters. The van der Waals surface area contributed by atoms with Crippen LogP contribution in [0, 0.1) is 0 Å². The van der Waals surface area contributed by atoms with E-state index in [2.05, 4.69) is 10.4 Å². The first-order valence-electron chi connectivity index (χ1n) is 5.41. The van der Waals surface area contributed by atoms with E-state index in [0.717, 1.165) is 0 Å². The van der Waals surface area contributed by atoms with E-state index in [9.17, 15) is 0 Å². The first-order chi connectivity index (χ1) is 8.21. The van der Waals surface area contributed by atoms with E-state index in [1.165, 1.54) is 0 Å². The lowest BCUT2D eigenvalue weighted by molar-refractivity contribution is 0.331. The second kappa shape index (κ2) is 6.59. The van der Waals surface area contributed by atoms with Gasteiger partial charge in [0.25, 0.3) is 0 Å². The average molecular weight is 238 g/mol. The van der Waals surface area contributed by atoms with Gasteiger partial charge in [-0.3, -0.25) is 5.43 Å². The van der Waals surface area contributed by atoms with Crippen LogP contribution < -0.4 is 26.5 Å². The third kappa shape index (κ3) is 3.84. The average Bonchev–Trinajstić information content (AvgIpc) is 2.33. The van der Waals surface area contributed by atoms with Gasteiger partial charge in [0.15, 0.2) is 0 Å². The van der Waals surface area contributed by atoms with E-state index < -0.39 is 0 Å². The second-order valence-electron chi connectivity index (χ2n) is 3.14. The van der Waals surface area contributed by atoms with E-state index in [0.29, 0.717) is 30.4 Å². The Hall–Kier alpha value is -1.95. The van der Waals surface area contributed by atoms with Gasteiger partial charge < -0.3 is 15.2 Å². The van der Waals surface area contributed by atoms with Crippen molar-refractivity contribution in [1.29, 1.82) is 0 Å². The molecule has 0 atom stereocenters. The summed E-state index contributed by atoms with van der Waals surface area (Å²) in [4.78, 5) is 4.09. The van der Waals surface area contributed by atoms with Gasteiger partial charge >= 0.3 is 0 Å². The predicted molar refractivity (Wildman–Crippen MR) is 67.4 cm³/mol. The number of guanidine groups is 1. The van der Waals surface area contributed by atoms with Crippen molar-refractivity contribution in [3.05, 3.63) is 18.2 Å². The molecule has 94 valence electrons. The normalized spacial score (nSPS) is 11.1. The lowest BCUT2D eigenvalue weighted by Crippen LogP contribution is -2.36. The zero-order valence-electron chi connectivity index (χ0n) is 10.1. The molecule has 0 spiro atoms. The van der Waals surface area contributed by atoms with Gasteiger partial charge in [-0.25, -0.2) is 10.8 Å². The van der Waals surface area contributed by atoms with Crippen LogP contribution in [-0.2, 0) is 0 Å². The van der Waals surface area contributed by atoms with Crippen molar-refractivity contribution in [1.82, 2.24) is 5.43 Å². The zero-order valence-corrected chi connectivity index (χ0v) is 10.1. The minimum absolute atomic E-state index is 0.111. The van der Waals surface area contributed by atoms with Crippen molar-refractivity contribution >= 4 is 11.6 Å². The summed E-state index contributed by atoms with van der Waals surface area (Å²) in [5, 5.41) is 0. The van der Waals surface area contributed by atoms with E-state index in [1.54, 1.807) is 12.1 Å². The molecule has 0 aliphatic heterocycles. The number of ether oxygens (including phenoxy) is 2. The van der Waals surface area contributed by atoms with Crippen LogP contribution in [0.3, 0.4) is 0 Å². The molecule has 0 aliphatic rings. The fourth-order valence-electron chi connectivity index (χ4n) is 1.28. The molecule has 1 rings (SSSR count). The van der Waals surface area contributed by atoms with Crippen molar-refractivity contribution in [3.63, 3.8) is 0 Å². The summed E-state index contributed by atoms with van der Waals surface area (Å²) in [6.45, 7) is 4.94. The molecule has 0 aliphatic carbocycles. The van der Waals surface area contributed by atoms with Crippen LogP contribution in [0.15, 0.2) is 23.2 Å². The molecule has 1 aromatic carbocycles. The van der Waals surface area contributed by atoms with Gasteiger partial charge in [-0.15, -0.1) is 0 Å². The minimum atomic E-state index is 0.111. The number of rotatable bonds is 5. The molecule has 17 heavy (non-hydrogen) atoms. The predicted octanol–water partition coefficient (Wildman–Crippen LogP) is 0.893. The first-order valence-corrected chi connectivity index (χ1v) is 5.41. The maximum atomic E-state index is 5.51. The second-order valence-corrected chi connectivity index (χ2v) is 3.14. The van der Waals surface area contributed by atoms with Gasteiger partial charge in [0.05, 0.1) is 13.2 Å². The van der Waals surface area contributed by atoms with Crippen molar-refractivity contribution in [2.75, 3.05) is 13.2 Å². The SMILES string of the molecule is CCOc1ccc(OCC)c(N=C(N)NN)c1. The summed E-state index contributed by atoms with van der Waals surface area (Å²) in [5.41, 5.74) is 8.35. The highest BCUT2D eigenvalue weighted by Crippen LogP contribution is 2.31. The zero-order chi connectivity index (χ0) is 12.7. The van der Waals surface area contributed by atoms with E-state index in [4.69, 9.17) is 21.1 Å². The molecular formula is C11H18N4O2. The van der Waals surface area contributed by atoms with Gasteiger partial charge in [0.1, 0.15) is 17.2 Å². The minimum Gasteiger partial charge on any atom is -0.494 e. The standard InChI is InChI=1S/C11H18N4O2/c1-3-16-8-5-6-10(17-4-2)9(7-8)14-11(12)15-13/h5-7H,3-4,13H2,1-2H3,(H3,12,14,15). The third-order valence-corrected chi connectivity index (χ3v) is 1.93. The van der Waals surface area contributed by atoms with Crippen LogP contribution in [-0.4, -0.2) is 19.2 Å². The van der Waals surface area contributed by atoms with E-state index in [1.807, 2.05) is 19.9 Å². The smallest absolute Gasteiger partial charge is 0.208 e. The van der Waals surface area contributed by atoms with Gasteiger partial charge in [-0.05, 0) is 26.0 Å². The fraction of sp³-hybridized carbons (Fsp3) is 0.364. The molecule has 1 aromatic rings. The van der Waals surface area contributed by atoms with Crippen LogP contribution >= 0.6 is 0 Å². The van der Waals surface area contributed by atoms with Crippen LogP contribution in [0.2, 0.25) is 0 Å². The maximum Gasteiger partial charge on any atom is 0.208 e. The van der Waals surface area contributed by atoms with Gasteiger partial charge in [0.2, 0.25) is 5.96 Å². The van der Waals surface area contributed by atoms with Crippen LogP contribution in [0.5, 0.6) is 11.5 Å². The Morgan fingerprint density at radius 1 is 1.29 bits per heavy atom. The summed E-state index contributed by atoms with van der Waals surface area (Å²) < 4.78 is 10.8. The molecule has 0 bridgehead atoms. The fourth-order valence-corrected chi connectivity index (χ4v) is 1.28. The lowest BCUT2D eigenvalue weighted by Gasteiger charge is -2.10. The molecule has 0 fully saturated rings. The van der Waals surface area contributed by atoms with Gasteiger partial charge in [0, 0.05) is 6.07 Å². The Morgan fingerprint density at radius 2 is 2.00 bits per heavy atom. The van der Waals surface area contributed by atoms with Gasteiger partial charge in [-0.2, -0.15) is 0 Å². The van der Waals surface area contributed by atoms with Crippen LogP contribution in [0.1, 0.15) is 13.8 Å². The molecule has 5 N–H and O–H groups in total. The molecule has 6 heteroatoms. The van der Waals surface area contributed by atoms with Crippen molar-refractivity contribution in [2.45, 2.75) is 13.8 Å². The lowest BCUT2D eigenvalue weighted by atomic mass is 10.3. The molecule has 0 heterocycles. The van der Waals surface area contributed by atoms with Crippen LogP contribution in [0.4, 0.5) is 5.69 Å². The summed E-state index contributed by atoms with van der Waals surface area (Å²) in [5.74, 6) is 6.61. The highest BCUT2D eigenvalue weighted by molar-refractivity contribution is 5.81. The van der Waals surface area contributed by atoms with Crippen molar-refractivity contribution < 1.29 is 9.47 Å². The largest absolute Gasteiger partial charge is 0.494 e. The topological polar surface area (TPSA) is 94.9 Å². The number of hydrogen-bond donors (Lipinski definition) is 3. The Morgan fingerprint density at radius 3 is 2.59 bits per heavy atom. The maximum absolute atomic E-state index is 5.51. The van der Waals surface area contributed by atoms with Crippen molar-refractivity contribution in [3.8, 4) is 11.5 Å². The number of aliphatic imine (C=N–C) groups is 1. The Bertz CT molecular complexity index is 393. The van der Waals surface area contributed by atoms with E-state index >= 15 is 0 Å². The number of hydrazine groups is 1. The van der Waals surface area contributed by atoms with E-state index in [-0.39, 0.29) is 5.96 Å². The summed E-state index contributed by atoms with van der Waals surface area (Å²) in [6, 6.07) is 5.36. The molecule has 6 nitrogen and oxygen atoms in total. The number of nitrogens with two attached hydrogens (primary N) is 2. The summed E-state index contributed by atoms with van der Waals surface area (Å²) >= 11 is 0. The Labute approximate surface area is 101 Å². The monoisotopic (exact) mass is 238 g/mol. The number of hydrogen-bond acceptors (Lipinski definition) is 4.